The van der Waals surface area contributed by atoms with E-state index in [-0.39, 0.29) is 24.5 Å². The lowest BCUT2D eigenvalue weighted by Crippen LogP contribution is -2.12. The van der Waals surface area contributed by atoms with Crippen LogP contribution < -0.4 is 9.47 Å². The number of nitro groups is 1. The average molecular weight is 331 g/mol. The maximum Gasteiger partial charge on any atom is 0.338 e. The summed E-state index contributed by atoms with van der Waals surface area (Å²) >= 11 is 0. The third-order valence-corrected chi connectivity index (χ3v) is 3.27. The van der Waals surface area contributed by atoms with Gasteiger partial charge in [-0.2, -0.15) is 0 Å². The van der Waals surface area contributed by atoms with Gasteiger partial charge in [-0.25, -0.2) is 4.79 Å². The summed E-state index contributed by atoms with van der Waals surface area (Å²) in [4.78, 5) is 22.2. The molecule has 0 fully saturated rings. The molecule has 0 N–H and O–H groups in total. The summed E-state index contributed by atoms with van der Waals surface area (Å²) in [5.74, 6) is 0.812. The highest BCUT2D eigenvalue weighted by atomic mass is 16.6. The van der Waals surface area contributed by atoms with Crippen LogP contribution in [0.3, 0.4) is 0 Å². The number of carbonyl (C=O) groups is 1. The second-order valence-corrected chi connectivity index (χ2v) is 4.92. The number of ether oxygens (including phenoxy) is 3. The Hall–Kier alpha value is -3.09. The van der Waals surface area contributed by atoms with Crippen molar-refractivity contribution in [2.24, 2.45) is 0 Å². The zero-order chi connectivity index (χ0) is 17.5. The quantitative estimate of drug-likeness (QED) is 0.335. The molecule has 24 heavy (non-hydrogen) atoms. The zero-order valence-corrected chi connectivity index (χ0v) is 13.4. The Morgan fingerprint density at radius 3 is 2.33 bits per heavy atom. The molecule has 2 rings (SSSR count). The summed E-state index contributed by atoms with van der Waals surface area (Å²) in [5.41, 5.74) is 0.640. The number of hydrogen-bond donors (Lipinski definition) is 0. The van der Waals surface area contributed by atoms with Crippen molar-refractivity contribution in [3.05, 3.63) is 63.7 Å². The van der Waals surface area contributed by atoms with E-state index in [1.807, 2.05) is 0 Å². The minimum absolute atomic E-state index is 0.0330. The molecular weight excluding hydrogens is 314 g/mol. The van der Waals surface area contributed by atoms with E-state index in [1.165, 1.54) is 18.2 Å². The van der Waals surface area contributed by atoms with Gasteiger partial charge in [0.2, 0.25) is 0 Å². The molecule has 0 unspecified atom stereocenters. The standard InChI is InChI=1S/C17H17NO6/c1-12-11-13(3-8-16(12)18(20)21)17(19)24-10-9-23-15-6-4-14(22-2)5-7-15/h3-8,11H,9-10H2,1-2H3. The predicted octanol–water partition coefficient (Wildman–Crippen LogP) is 3.15. The van der Waals surface area contributed by atoms with E-state index in [0.29, 0.717) is 11.3 Å². The van der Waals surface area contributed by atoms with E-state index in [1.54, 1.807) is 38.3 Å². The first kappa shape index (κ1) is 17.3. The first-order valence-electron chi connectivity index (χ1n) is 7.20. The Morgan fingerprint density at radius 1 is 1.08 bits per heavy atom. The number of aryl methyl sites for hydroxylation is 1. The molecular formula is C17H17NO6. The van der Waals surface area contributed by atoms with Gasteiger partial charge in [0.15, 0.2) is 0 Å². The molecule has 0 aliphatic carbocycles. The van der Waals surface area contributed by atoms with Crippen LogP contribution in [-0.4, -0.2) is 31.2 Å². The second kappa shape index (κ2) is 7.96. The molecule has 0 aliphatic heterocycles. The molecule has 0 radical (unpaired) electrons. The summed E-state index contributed by atoms with van der Waals surface area (Å²) < 4.78 is 15.6. The number of carbonyl (C=O) groups excluding carboxylic acids is 1. The molecule has 0 bridgehead atoms. The predicted molar refractivity (Wildman–Crippen MR) is 86.6 cm³/mol. The minimum Gasteiger partial charge on any atom is -0.497 e. The van der Waals surface area contributed by atoms with Gasteiger partial charge in [0, 0.05) is 11.6 Å². The number of nitrogens with zero attached hydrogens (tertiary/aromatic N) is 1. The van der Waals surface area contributed by atoms with E-state index in [2.05, 4.69) is 0 Å². The minimum atomic E-state index is -0.550. The van der Waals surface area contributed by atoms with E-state index in [0.717, 1.165) is 5.75 Å². The average Bonchev–Trinajstić information content (AvgIpc) is 2.58. The Labute approximate surface area is 138 Å². The Bertz CT molecular complexity index is 726. The van der Waals surface area contributed by atoms with E-state index >= 15 is 0 Å². The highest BCUT2D eigenvalue weighted by Crippen LogP contribution is 2.19. The van der Waals surface area contributed by atoms with Crippen molar-refractivity contribution in [2.45, 2.75) is 6.92 Å². The molecule has 0 saturated carbocycles. The van der Waals surface area contributed by atoms with Crippen LogP contribution in [0.5, 0.6) is 11.5 Å². The zero-order valence-electron chi connectivity index (χ0n) is 13.4. The fourth-order valence-corrected chi connectivity index (χ4v) is 2.04. The number of nitro benzene ring substituents is 1. The highest BCUT2D eigenvalue weighted by Gasteiger charge is 2.14. The smallest absolute Gasteiger partial charge is 0.338 e. The molecule has 0 aromatic heterocycles. The van der Waals surface area contributed by atoms with Gasteiger partial charge in [0.1, 0.15) is 24.7 Å². The van der Waals surface area contributed by atoms with Gasteiger partial charge < -0.3 is 14.2 Å². The molecule has 126 valence electrons. The summed E-state index contributed by atoms with van der Waals surface area (Å²) in [6.07, 6.45) is 0. The maximum atomic E-state index is 11.9. The van der Waals surface area contributed by atoms with Gasteiger partial charge >= 0.3 is 5.97 Å². The molecule has 0 heterocycles. The van der Waals surface area contributed by atoms with Gasteiger partial charge in [-0.15, -0.1) is 0 Å². The molecule has 0 aliphatic rings. The Morgan fingerprint density at radius 2 is 1.75 bits per heavy atom. The van der Waals surface area contributed by atoms with Crippen LogP contribution in [0, 0.1) is 17.0 Å². The largest absolute Gasteiger partial charge is 0.497 e. The van der Waals surface area contributed by atoms with Gasteiger partial charge in [-0.05, 0) is 43.3 Å². The lowest BCUT2D eigenvalue weighted by molar-refractivity contribution is -0.385. The van der Waals surface area contributed by atoms with Crippen LogP contribution in [0.4, 0.5) is 5.69 Å². The van der Waals surface area contributed by atoms with Crippen LogP contribution in [0.25, 0.3) is 0 Å². The summed E-state index contributed by atoms with van der Waals surface area (Å²) in [7, 11) is 1.58. The second-order valence-electron chi connectivity index (χ2n) is 4.92. The SMILES string of the molecule is COc1ccc(OCCOC(=O)c2ccc([N+](=O)[O-])c(C)c2)cc1. The molecule has 0 saturated heterocycles. The third kappa shape index (κ3) is 4.45. The number of benzene rings is 2. The van der Waals surface area contributed by atoms with Gasteiger partial charge in [-0.1, -0.05) is 0 Å². The van der Waals surface area contributed by atoms with Crippen molar-refractivity contribution in [3.63, 3.8) is 0 Å². The maximum absolute atomic E-state index is 11.9. The van der Waals surface area contributed by atoms with Crippen LogP contribution in [0.2, 0.25) is 0 Å². The molecule has 2 aromatic carbocycles. The van der Waals surface area contributed by atoms with Crippen molar-refractivity contribution in [2.75, 3.05) is 20.3 Å². The fraction of sp³-hybridized carbons (Fsp3) is 0.235. The molecule has 0 amide bonds. The van der Waals surface area contributed by atoms with E-state index < -0.39 is 10.9 Å². The van der Waals surface area contributed by atoms with Crippen LogP contribution in [0.1, 0.15) is 15.9 Å². The highest BCUT2D eigenvalue weighted by molar-refractivity contribution is 5.90. The molecule has 0 spiro atoms. The van der Waals surface area contributed by atoms with E-state index in [9.17, 15) is 14.9 Å². The lowest BCUT2D eigenvalue weighted by Gasteiger charge is -2.08. The van der Waals surface area contributed by atoms with Crippen molar-refractivity contribution < 1.29 is 23.9 Å². The molecule has 0 atom stereocenters. The van der Waals surface area contributed by atoms with Gasteiger partial charge in [0.25, 0.3) is 5.69 Å². The third-order valence-electron chi connectivity index (χ3n) is 3.27. The Kier molecular flexibility index (Phi) is 5.73. The monoisotopic (exact) mass is 331 g/mol. The van der Waals surface area contributed by atoms with Crippen molar-refractivity contribution in [1.29, 1.82) is 0 Å². The van der Waals surface area contributed by atoms with Crippen LogP contribution in [0.15, 0.2) is 42.5 Å². The summed E-state index contributed by atoms with van der Waals surface area (Å²) in [6.45, 7) is 1.84. The number of rotatable bonds is 7. The van der Waals surface area contributed by atoms with E-state index in [4.69, 9.17) is 14.2 Å². The normalized spacial score (nSPS) is 10.1. The topological polar surface area (TPSA) is 87.9 Å². The van der Waals surface area contributed by atoms with Crippen LogP contribution >= 0.6 is 0 Å². The summed E-state index contributed by atoms with van der Waals surface area (Å²) in [5, 5.41) is 10.8. The lowest BCUT2D eigenvalue weighted by atomic mass is 10.1. The number of hydrogen-bond acceptors (Lipinski definition) is 6. The Balaban J connectivity index is 1.82. The number of methoxy groups -OCH3 is 1. The molecule has 7 heteroatoms. The molecule has 2 aromatic rings. The van der Waals surface area contributed by atoms with Gasteiger partial charge in [0.05, 0.1) is 17.6 Å². The van der Waals surface area contributed by atoms with Gasteiger partial charge in [-0.3, -0.25) is 10.1 Å². The van der Waals surface area contributed by atoms with Crippen LogP contribution in [-0.2, 0) is 4.74 Å². The first-order valence-corrected chi connectivity index (χ1v) is 7.20. The van der Waals surface area contributed by atoms with Crippen molar-refractivity contribution in [1.82, 2.24) is 0 Å². The van der Waals surface area contributed by atoms with Crippen molar-refractivity contribution in [3.8, 4) is 11.5 Å². The first-order chi connectivity index (χ1) is 11.5. The van der Waals surface area contributed by atoms with Crippen molar-refractivity contribution >= 4 is 11.7 Å². The summed E-state index contributed by atoms with van der Waals surface area (Å²) in [6, 6.07) is 11.1. The fourth-order valence-electron chi connectivity index (χ4n) is 2.04. The molecule has 7 nitrogen and oxygen atoms in total. The number of esters is 1.